The Labute approximate surface area is 197 Å². The largest absolute Gasteiger partial charge is 0.484 e. The molecule has 1 amide bonds. The zero-order valence-electron chi connectivity index (χ0n) is 18.2. The van der Waals surface area contributed by atoms with Crippen LogP contribution in [0.4, 0.5) is 5.69 Å². The van der Waals surface area contributed by atoms with Crippen molar-refractivity contribution in [3.63, 3.8) is 0 Å². The van der Waals surface area contributed by atoms with Gasteiger partial charge in [0, 0.05) is 0 Å². The van der Waals surface area contributed by atoms with Gasteiger partial charge in [-0.15, -0.1) is 10.2 Å². The third-order valence-corrected chi connectivity index (χ3v) is 6.37. The molecule has 1 saturated carbocycles. The predicted molar refractivity (Wildman–Crippen MR) is 130 cm³/mol. The first-order valence-corrected chi connectivity index (χ1v) is 11.7. The van der Waals surface area contributed by atoms with Gasteiger partial charge >= 0.3 is 0 Å². The van der Waals surface area contributed by atoms with E-state index in [9.17, 15) is 4.79 Å². The summed E-state index contributed by atoms with van der Waals surface area (Å²) in [6, 6.07) is 21.2. The molecule has 1 aromatic heterocycles. The minimum absolute atomic E-state index is 0.103. The first-order valence-electron chi connectivity index (χ1n) is 11.3. The molecule has 1 aliphatic carbocycles. The maximum absolute atomic E-state index is 12.5. The number of carbonyl (C=O) groups excluding carboxylic acids is 1. The van der Waals surface area contributed by atoms with Crippen molar-refractivity contribution in [2.45, 2.75) is 38.0 Å². The quantitative estimate of drug-likeness (QED) is 0.375. The van der Waals surface area contributed by atoms with Crippen molar-refractivity contribution in [1.82, 2.24) is 15.0 Å². The number of benzene rings is 3. The number of nitrogens with zero attached hydrogens (tertiary/aromatic N) is 3. The highest BCUT2D eigenvalue weighted by molar-refractivity contribution is 6.34. The molecule has 7 heteroatoms. The number of hydrogen-bond acceptors (Lipinski definition) is 4. The van der Waals surface area contributed by atoms with Crippen molar-refractivity contribution < 1.29 is 9.53 Å². The minimum Gasteiger partial charge on any atom is -0.484 e. The van der Waals surface area contributed by atoms with E-state index >= 15 is 0 Å². The van der Waals surface area contributed by atoms with Gasteiger partial charge in [0.1, 0.15) is 16.8 Å². The summed E-state index contributed by atoms with van der Waals surface area (Å²) in [7, 11) is 0. The number of hydrogen-bond donors (Lipinski definition) is 1. The van der Waals surface area contributed by atoms with Crippen LogP contribution in [0.15, 0.2) is 66.7 Å². The van der Waals surface area contributed by atoms with E-state index in [1.165, 1.54) is 37.7 Å². The molecular weight excluding hydrogens is 436 g/mol. The standard InChI is InChI=1S/C26H25ClN4O2/c27-22-15-24-25(30-31(29-24)20-9-5-2-6-10-20)16-23(22)28-26(32)17-33-21-13-11-19(12-14-21)18-7-3-1-4-8-18/h2,5-6,9-16,18H,1,3-4,7-8,17H2,(H,28,32). The Morgan fingerprint density at radius 2 is 1.67 bits per heavy atom. The number of rotatable bonds is 6. The molecule has 168 valence electrons. The van der Waals surface area contributed by atoms with Gasteiger partial charge in [-0.2, -0.15) is 4.80 Å². The molecule has 1 fully saturated rings. The molecule has 0 saturated heterocycles. The average Bonchev–Trinajstić information content (AvgIpc) is 3.27. The Hall–Kier alpha value is -3.38. The van der Waals surface area contributed by atoms with Crippen LogP contribution in [0.3, 0.4) is 0 Å². The summed E-state index contributed by atoms with van der Waals surface area (Å²) in [5.74, 6) is 1.04. The molecular formula is C26H25ClN4O2. The first-order chi connectivity index (χ1) is 16.2. The number of para-hydroxylation sites is 1. The van der Waals surface area contributed by atoms with Crippen LogP contribution in [0.25, 0.3) is 16.7 Å². The maximum atomic E-state index is 12.5. The fourth-order valence-corrected chi connectivity index (χ4v) is 4.52. The molecule has 6 nitrogen and oxygen atoms in total. The Balaban J connectivity index is 1.22. The molecule has 0 radical (unpaired) electrons. The lowest BCUT2D eigenvalue weighted by Gasteiger charge is -2.22. The second kappa shape index (κ2) is 9.63. The predicted octanol–water partition coefficient (Wildman–Crippen LogP) is 6.14. The van der Waals surface area contributed by atoms with Gasteiger partial charge in [0.05, 0.1) is 16.4 Å². The van der Waals surface area contributed by atoms with Crippen LogP contribution in [0.2, 0.25) is 5.02 Å². The highest BCUT2D eigenvalue weighted by Crippen LogP contribution is 2.33. The molecule has 0 atom stereocenters. The molecule has 1 N–H and O–H groups in total. The smallest absolute Gasteiger partial charge is 0.262 e. The number of halogens is 1. The van der Waals surface area contributed by atoms with E-state index in [2.05, 4.69) is 27.6 Å². The van der Waals surface area contributed by atoms with Gasteiger partial charge in [-0.3, -0.25) is 4.79 Å². The fraction of sp³-hybridized carbons (Fsp3) is 0.269. The molecule has 33 heavy (non-hydrogen) atoms. The van der Waals surface area contributed by atoms with Crippen molar-refractivity contribution in [2.75, 3.05) is 11.9 Å². The first kappa shape index (κ1) is 21.5. The molecule has 3 aromatic carbocycles. The van der Waals surface area contributed by atoms with Crippen LogP contribution in [0, 0.1) is 0 Å². The number of aromatic nitrogens is 3. The van der Waals surface area contributed by atoms with Crippen molar-refractivity contribution in [3.05, 3.63) is 77.3 Å². The van der Waals surface area contributed by atoms with E-state index in [-0.39, 0.29) is 12.5 Å². The number of ether oxygens (including phenoxy) is 1. The van der Waals surface area contributed by atoms with Gasteiger partial charge in [0.25, 0.3) is 5.91 Å². The Morgan fingerprint density at radius 3 is 2.39 bits per heavy atom. The third-order valence-electron chi connectivity index (χ3n) is 6.06. The summed E-state index contributed by atoms with van der Waals surface area (Å²) >= 11 is 6.38. The van der Waals surface area contributed by atoms with E-state index in [1.54, 1.807) is 16.9 Å². The second-order valence-corrected chi connectivity index (χ2v) is 8.79. The van der Waals surface area contributed by atoms with Gasteiger partial charge in [0.2, 0.25) is 0 Å². The lowest BCUT2D eigenvalue weighted by atomic mass is 9.84. The molecule has 0 spiro atoms. The van der Waals surface area contributed by atoms with Crippen LogP contribution in [0.1, 0.15) is 43.6 Å². The fourth-order valence-electron chi connectivity index (χ4n) is 4.32. The molecule has 5 rings (SSSR count). The number of nitrogens with one attached hydrogen (secondary N) is 1. The molecule has 0 aliphatic heterocycles. The maximum Gasteiger partial charge on any atom is 0.262 e. The third kappa shape index (κ3) is 5.01. The Bertz CT molecular complexity index is 1250. The van der Waals surface area contributed by atoms with Gasteiger partial charge in [0.15, 0.2) is 6.61 Å². The number of carbonyl (C=O) groups is 1. The molecule has 0 bridgehead atoms. The van der Waals surface area contributed by atoms with Crippen molar-refractivity contribution in [1.29, 1.82) is 0 Å². The van der Waals surface area contributed by atoms with Crippen LogP contribution < -0.4 is 10.1 Å². The highest BCUT2D eigenvalue weighted by atomic mass is 35.5. The number of fused-ring (bicyclic) bond motifs is 1. The Morgan fingerprint density at radius 1 is 0.970 bits per heavy atom. The average molecular weight is 461 g/mol. The van der Waals surface area contributed by atoms with Crippen LogP contribution >= 0.6 is 11.6 Å². The van der Waals surface area contributed by atoms with Crippen molar-refractivity contribution in [2.24, 2.45) is 0 Å². The topological polar surface area (TPSA) is 69.0 Å². The van der Waals surface area contributed by atoms with Crippen LogP contribution in [0.5, 0.6) is 5.75 Å². The van der Waals surface area contributed by atoms with E-state index in [0.717, 1.165) is 5.69 Å². The van der Waals surface area contributed by atoms with E-state index in [1.807, 2.05) is 42.5 Å². The normalized spacial score (nSPS) is 14.3. The van der Waals surface area contributed by atoms with Crippen molar-refractivity contribution in [3.8, 4) is 11.4 Å². The SMILES string of the molecule is O=C(COc1ccc(C2CCCCC2)cc1)Nc1cc2nn(-c3ccccc3)nc2cc1Cl. The van der Waals surface area contributed by atoms with E-state index in [4.69, 9.17) is 16.3 Å². The molecule has 1 aliphatic rings. The second-order valence-electron chi connectivity index (χ2n) is 8.39. The van der Waals surface area contributed by atoms with Gasteiger partial charge in [-0.1, -0.05) is 61.2 Å². The summed E-state index contributed by atoms with van der Waals surface area (Å²) in [6.45, 7) is -0.103. The van der Waals surface area contributed by atoms with Crippen LogP contribution in [-0.4, -0.2) is 27.5 Å². The van der Waals surface area contributed by atoms with E-state index in [0.29, 0.717) is 33.4 Å². The van der Waals surface area contributed by atoms with Gasteiger partial charge in [-0.25, -0.2) is 0 Å². The summed E-state index contributed by atoms with van der Waals surface area (Å²) in [6.07, 6.45) is 6.47. The molecule has 0 unspecified atom stereocenters. The Kier molecular flexibility index (Phi) is 6.26. The summed E-state index contributed by atoms with van der Waals surface area (Å²) in [5.41, 5.74) is 3.97. The lowest BCUT2D eigenvalue weighted by molar-refractivity contribution is -0.118. The van der Waals surface area contributed by atoms with Gasteiger partial charge in [-0.05, 0) is 60.7 Å². The van der Waals surface area contributed by atoms with E-state index < -0.39 is 0 Å². The van der Waals surface area contributed by atoms with Gasteiger partial charge < -0.3 is 10.1 Å². The number of amides is 1. The zero-order valence-corrected chi connectivity index (χ0v) is 19.0. The zero-order chi connectivity index (χ0) is 22.6. The highest BCUT2D eigenvalue weighted by Gasteiger charge is 2.16. The molecule has 1 heterocycles. The van der Waals surface area contributed by atoms with Crippen LogP contribution in [-0.2, 0) is 4.79 Å². The molecule has 4 aromatic rings. The monoisotopic (exact) mass is 460 g/mol. The lowest BCUT2D eigenvalue weighted by Crippen LogP contribution is -2.20. The summed E-state index contributed by atoms with van der Waals surface area (Å²) < 4.78 is 5.68. The minimum atomic E-state index is -0.289. The number of anilines is 1. The summed E-state index contributed by atoms with van der Waals surface area (Å²) in [5, 5.41) is 12.2. The summed E-state index contributed by atoms with van der Waals surface area (Å²) in [4.78, 5) is 14.0. The van der Waals surface area contributed by atoms with Crippen molar-refractivity contribution >= 4 is 34.2 Å².